The molecule has 0 radical (unpaired) electrons. The number of piperazine rings is 1. The number of carbonyl (C=O) groups excluding carboxylic acids is 1. The lowest BCUT2D eigenvalue weighted by Crippen LogP contribution is -2.46. The van der Waals surface area contributed by atoms with Crippen molar-refractivity contribution in [2.24, 2.45) is 0 Å². The fourth-order valence-corrected chi connectivity index (χ4v) is 5.90. The number of pyridine rings is 1. The van der Waals surface area contributed by atoms with Gasteiger partial charge in [0.2, 0.25) is 12.7 Å². The lowest BCUT2D eigenvalue weighted by atomic mass is 10.2. The molecular weight excluding hydrogens is 550 g/mol. The maximum Gasteiger partial charge on any atom is 0.516 e. The van der Waals surface area contributed by atoms with Crippen molar-refractivity contribution in [2.45, 2.75) is 12.8 Å². The van der Waals surface area contributed by atoms with Crippen molar-refractivity contribution in [1.82, 2.24) is 9.88 Å². The van der Waals surface area contributed by atoms with Gasteiger partial charge in [0.15, 0.2) is 0 Å². The molecule has 6 rings (SSSR count). The van der Waals surface area contributed by atoms with Crippen LogP contribution in [0.2, 0.25) is 0 Å². The number of thiophene rings is 1. The molecule has 42 heavy (non-hydrogen) atoms. The third-order valence-corrected chi connectivity index (χ3v) is 8.17. The molecule has 3 aromatic carbocycles. The van der Waals surface area contributed by atoms with Crippen LogP contribution >= 0.6 is 11.3 Å². The monoisotopic (exact) mass is 583 g/mol. The van der Waals surface area contributed by atoms with Crippen molar-refractivity contribution in [2.75, 3.05) is 51.0 Å². The molecule has 1 aliphatic heterocycles. The number of hydrogen-bond donors (Lipinski definition) is 0. The molecule has 8 nitrogen and oxygen atoms in total. The van der Waals surface area contributed by atoms with Gasteiger partial charge in [-0.15, -0.1) is 11.3 Å². The maximum atomic E-state index is 11.8. The van der Waals surface area contributed by atoms with E-state index in [0.717, 1.165) is 62.2 Å². The minimum absolute atomic E-state index is 0.305. The minimum atomic E-state index is -0.841. The third kappa shape index (κ3) is 7.10. The second-order valence-electron chi connectivity index (χ2n) is 10.1. The van der Waals surface area contributed by atoms with Gasteiger partial charge in [-0.1, -0.05) is 24.3 Å². The molecule has 0 saturated carbocycles. The van der Waals surface area contributed by atoms with Crippen molar-refractivity contribution in [3.63, 3.8) is 0 Å². The summed E-state index contributed by atoms with van der Waals surface area (Å²) in [4.78, 5) is 21.4. The fraction of sp³-hybridized carbons (Fsp3) is 0.273. The second kappa shape index (κ2) is 13.5. The molecule has 0 spiro atoms. The first kappa shape index (κ1) is 27.8. The summed E-state index contributed by atoms with van der Waals surface area (Å²) < 4.78 is 23.0. The summed E-state index contributed by atoms with van der Waals surface area (Å²) in [5.41, 5.74) is 2.11. The summed E-state index contributed by atoms with van der Waals surface area (Å²) in [7, 11) is 0. The summed E-state index contributed by atoms with van der Waals surface area (Å²) in [6, 6.07) is 27.1. The predicted molar refractivity (Wildman–Crippen MR) is 166 cm³/mol. The van der Waals surface area contributed by atoms with Gasteiger partial charge in [-0.3, -0.25) is 4.90 Å². The van der Waals surface area contributed by atoms with Crippen LogP contribution in [0.15, 0.2) is 90.3 Å². The quantitative estimate of drug-likeness (QED) is 0.0714. The Hall–Kier alpha value is -4.34. The number of carbonyl (C=O) groups is 1. The van der Waals surface area contributed by atoms with Crippen LogP contribution in [0.4, 0.5) is 10.5 Å². The Bertz CT molecular complexity index is 1620. The van der Waals surface area contributed by atoms with Crippen LogP contribution in [0.3, 0.4) is 0 Å². The van der Waals surface area contributed by atoms with E-state index in [1.807, 2.05) is 41.7 Å². The van der Waals surface area contributed by atoms with E-state index in [9.17, 15) is 4.79 Å². The zero-order chi connectivity index (χ0) is 28.6. The summed E-state index contributed by atoms with van der Waals surface area (Å²) in [6.45, 7) is 5.72. The van der Waals surface area contributed by atoms with Crippen molar-refractivity contribution >= 4 is 44.2 Å². The van der Waals surface area contributed by atoms with Gasteiger partial charge in [0.25, 0.3) is 0 Å². The van der Waals surface area contributed by atoms with Gasteiger partial charge in [-0.2, -0.15) is 0 Å². The standard InChI is InChI=1S/C33H33N3O5S/c37-33(41-26-7-2-1-3-8-26)40-24-39-32-14-12-25-11-13-27(23-29(25)34-32)38-21-5-4-16-35-17-19-36(20-18-35)30-9-6-10-31-28(30)15-22-42-31/h1-3,6-15,22-23H,4-5,16-21,24H2. The molecule has 0 atom stereocenters. The van der Waals surface area contributed by atoms with Gasteiger partial charge in [0.05, 0.1) is 12.1 Å². The Morgan fingerprint density at radius 1 is 0.833 bits per heavy atom. The van der Waals surface area contributed by atoms with E-state index in [1.165, 1.54) is 15.8 Å². The average Bonchev–Trinajstić information content (AvgIpc) is 3.51. The number of hydrogen-bond acceptors (Lipinski definition) is 9. The fourth-order valence-electron chi connectivity index (χ4n) is 5.09. The van der Waals surface area contributed by atoms with Gasteiger partial charge < -0.3 is 23.8 Å². The lowest BCUT2D eigenvalue weighted by molar-refractivity contribution is 0.0292. The third-order valence-electron chi connectivity index (χ3n) is 7.29. The Balaban J connectivity index is 0.905. The Morgan fingerprint density at radius 3 is 2.57 bits per heavy atom. The van der Waals surface area contributed by atoms with Crippen molar-refractivity contribution < 1.29 is 23.7 Å². The van der Waals surface area contributed by atoms with Gasteiger partial charge >= 0.3 is 6.16 Å². The number of benzene rings is 3. The first-order valence-corrected chi connectivity index (χ1v) is 15.1. The zero-order valence-corrected chi connectivity index (χ0v) is 24.1. The van der Waals surface area contributed by atoms with E-state index >= 15 is 0 Å². The van der Waals surface area contributed by atoms with Gasteiger partial charge in [-0.25, -0.2) is 9.78 Å². The molecule has 9 heteroatoms. The normalized spacial score (nSPS) is 13.8. The number of nitrogens with zero attached hydrogens (tertiary/aromatic N) is 3. The van der Waals surface area contributed by atoms with Crippen LogP contribution in [0.25, 0.3) is 21.0 Å². The van der Waals surface area contributed by atoms with Gasteiger partial charge in [0, 0.05) is 59.5 Å². The summed E-state index contributed by atoms with van der Waals surface area (Å²) in [5.74, 6) is 1.52. The number of fused-ring (bicyclic) bond motifs is 2. The number of aromatic nitrogens is 1. The molecule has 1 aliphatic rings. The van der Waals surface area contributed by atoms with Gasteiger partial charge in [-0.05, 0) is 73.3 Å². The molecule has 1 saturated heterocycles. The molecule has 3 heterocycles. The highest BCUT2D eigenvalue weighted by atomic mass is 32.1. The number of anilines is 1. The molecule has 1 fully saturated rings. The van der Waals surface area contributed by atoms with Crippen LogP contribution in [0.5, 0.6) is 17.4 Å². The Labute approximate surface area is 249 Å². The van der Waals surface area contributed by atoms with E-state index in [1.54, 1.807) is 30.3 Å². The molecule has 5 aromatic rings. The smallest absolute Gasteiger partial charge is 0.494 e. The molecule has 2 aromatic heterocycles. The van der Waals surface area contributed by atoms with E-state index in [4.69, 9.17) is 18.9 Å². The van der Waals surface area contributed by atoms with Crippen LogP contribution < -0.4 is 19.1 Å². The summed E-state index contributed by atoms with van der Waals surface area (Å²) in [6.07, 6.45) is 1.24. The largest absolute Gasteiger partial charge is 0.516 e. The topological polar surface area (TPSA) is 73.4 Å². The Morgan fingerprint density at radius 2 is 1.69 bits per heavy atom. The Kier molecular flexibility index (Phi) is 8.97. The highest BCUT2D eigenvalue weighted by Crippen LogP contribution is 2.31. The van der Waals surface area contributed by atoms with E-state index in [-0.39, 0.29) is 6.79 Å². The first-order chi connectivity index (χ1) is 20.7. The number of ether oxygens (including phenoxy) is 4. The summed E-state index contributed by atoms with van der Waals surface area (Å²) in [5, 5.41) is 4.52. The number of para-hydroxylation sites is 1. The van der Waals surface area contributed by atoms with Crippen LogP contribution in [-0.4, -0.2) is 62.2 Å². The van der Waals surface area contributed by atoms with E-state index in [0.29, 0.717) is 18.2 Å². The van der Waals surface area contributed by atoms with E-state index < -0.39 is 6.16 Å². The molecule has 0 unspecified atom stereocenters. The highest BCUT2D eigenvalue weighted by molar-refractivity contribution is 7.17. The van der Waals surface area contributed by atoms with Crippen LogP contribution in [0, 0.1) is 0 Å². The van der Waals surface area contributed by atoms with Crippen molar-refractivity contribution in [3.05, 3.63) is 90.3 Å². The minimum Gasteiger partial charge on any atom is -0.494 e. The zero-order valence-electron chi connectivity index (χ0n) is 23.3. The number of rotatable bonds is 11. The molecule has 0 amide bonds. The van der Waals surface area contributed by atoms with Gasteiger partial charge in [0.1, 0.15) is 11.5 Å². The second-order valence-corrected chi connectivity index (χ2v) is 11.0. The van der Waals surface area contributed by atoms with E-state index in [2.05, 4.69) is 44.4 Å². The molecule has 0 aliphatic carbocycles. The summed E-state index contributed by atoms with van der Waals surface area (Å²) >= 11 is 1.81. The number of unbranched alkanes of at least 4 members (excludes halogenated alkanes) is 1. The first-order valence-electron chi connectivity index (χ1n) is 14.2. The molecular formula is C33H33N3O5S. The highest BCUT2D eigenvalue weighted by Gasteiger charge is 2.18. The van der Waals surface area contributed by atoms with Crippen LogP contribution in [-0.2, 0) is 4.74 Å². The van der Waals surface area contributed by atoms with Crippen LogP contribution in [0.1, 0.15) is 12.8 Å². The molecule has 0 N–H and O–H groups in total. The maximum absolute atomic E-state index is 11.8. The predicted octanol–water partition coefficient (Wildman–Crippen LogP) is 6.98. The SMILES string of the molecule is O=C(OCOc1ccc2ccc(OCCCCN3CCN(c4cccc5sccc45)CC3)cc2n1)Oc1ccccc1. The lowest BCUT2D eigenvalue weighted by Gasteiger charge is -2.36. The van der Waals surface area contributed by atoms with Crippen molar-refractivity contribution in [1.29, 1.82) is 0 Å². The van der Waals surface area contributed by atoms with Crippen molar-refractivity contribution in [3.8, 4) is 17.4 Å². The molecule has 0 bridgehead atoms. The molecule has 216 valence electrons. The average molecular weight is 584 g/mol.